The Morgan fingerprint density at radius 1 is 1.08 bits per heavy atom. The molecule has 1 unspecified atom stereocenters. The summed E-state index contributed by atoms with van der Waals surface area (Å²) >= 11 is 3.50. The number of nitrogens with zero attached hydrogens (tertiary/aromatic N) is 3. The SMILES string of the molecule is NC1Cc2cc(Br)ccc2-n2c(nnc2[C@H]2CC[C@H](C(F)(F)F)CC2)C1. The molecule has 2 aliphatic rings. The van der Waals surface area contributed by atoms with Crippen LogP contribution in [0.1, 0.15) is 48.8 Å². The number of rotatable bonds is 1. The maximum atomic E-state index is 13.0. The molecule has 2 aromatic rings. The lowest BCUT2D eigenvalue weighted by Crippen LogP contribution is -2.28. The number of aromatic nitrogens is 3. The summed E-state index contributed by atoms with van der Waals surface area (Å²) in [5.41, 5.74) is 8.35. The van der Waals surface area contributed by atoms with Crippen molar-refractivity contribution in [2.45, 2.75) is 56.7 Å². The lowest BCUT2D eigenvalue weighted by molar-refractivity contribution is -0.182. The average molecular weight is 429 g/mol. The van der Waals surface area contributed by atoms with Crippen molar-refractivity contribution in [3.8, 4) is 5.69 Å². The second kappa shape index (κ2) is 6.64. The second-order valence-corrected chi connectivity index (χ2v) is 8.26. The predicted octanol–water partition coefficient (Wildman–Crippen LogP) is 4.29. The fourth-order valence-electron chi connectivity index (χ4n) is 4.19. The van der Waals surface area contributed by atoms with Crippen LogP contribution in [0, 0.1) is 5.92 Å². The van der Waals surface area contributed by atoms with Crippen molar-refractivity contribution in [2.75, 3.05) is 0 Å². The molecule has 0 spiro atoms. The summed E-state index contributed by atoms with van der Waals surface area (Å²) in [5, 5.41) is 8.70. The van der Waals surface area contributed by atoms with Crippen LogP contribution >= 0.6 is 15.9 Å². The Morgan fingerprint density at radius 3 is 2.50 bits per heavy atom. The molecule has 1 aromatic heterocycles. The lowest BCUT2D eigenvalue weighted by atomic mass is 9.81. The van der Waals surface area contributed by atoms with Crippen molar-refractivity contribution >= 4 is 15.9 Å². The summed E-state index contributed by atoms with van der Waals surface area (Å²) < 4.78 is 41.9. The van der Waals surface area contributed by atoms with Gasteiger partial charge in [0.1, 0.15) is 11.6 Å². The molecular formula is C18H20BrF3N4. The van der Waals surface area contributed by atoms with E-state index in [2.05, 4.69) is 32.2 Å². The molecule has 1 aliphatic carbocycles. The maximum absolute atomic E-state index is 13.0. The van der Waals surface area contributed by atoms with E-state index in [4.69, 9.17) is 5.73 Å². The summed E-state index contributed by atoms with van der Waals surface area (Å²) in [5.74, 6) is 0.382. The molecule has 4 rings (SSSR count). The molecule has 1 aliphatic heterocycles. The van der Waals surface area contributed by atoms with Crippen LogP contribution in [0.15, 0.2) is 22.7 Å². The normalized spacial score (nSPS) is 26.1. The van der Waals surface area contributed by atoms with Gasteiger partial charge >= 0.3 is 6.18 Å². The van der Waals surface area contributed by atoms with Crippen LogP contribution < -0.4 is 5.73 Å². The van der Waals surface area contributed by atoms with Crippen LogP contribution in [0.5, 0.6) is 0 Å². The highest BCUT2D eigenvalue weighted by Crippen LogP contribution is 2.43. The molecule has 0 bridgehead atoms. The van der Waals surface area contributed by atoms with E-state index in [0.29, 0.717) is 19.3 Å². The van der Waals surface area contributed by atoms with Gasteiger partial charge in [-0.2, -0.15) is 13.2 Å². The van der Waals surface area contributed by atoms with Crippen LogP contribution in [-0.2, 0) is 12.8 Å². The number of hydrogen-bond acceptors (Lipinski definition) is 3. The molecule has 1 fully saturated rings. The zero-order valence-electron chi connectivity index (χ0n) is 14.1. The lowest BCUT2D eigenvalue weighted by Gasteiger charge is -2.29. The van der Waals surface area contributed by atoms with Crippen molar-refractivity contribution in [3.05, 3.63) is 39.9 Å². The Kier molecular flexibility index (Phi) is 4.59. The zero-order valence-corrected chi connectivity index (χ0v) is 15.7. The highest BCUT2D eigenvalue weighted by molar-refractivity contribution is 9.10. The van der Waals surface area contributed by atoms with Crippen LogP contribution in [0.4, 0.5) is 13.2 Å². The molecule has 8 heteroatoms. The van der Waals surface area contributed by atoms with Gasteiger partial charge in [-0.05, 0) is 55.9 Å². The fraction of sp³-hybridized carbons (Fsp3) is 0.556. The zero-order chi connectivity index (χ0) is 18.5. The van der Waals surface area contributed by atoms with E-state index in [0.717, 1.165) is 33.8 Å². The van der Waals surface area contributed by atoms with Gasteiger partial charge in [0.05, 0.1) is 11.6 Å². The van der Waals surface area contributed by atoms with Gasteiger partial charge in [-0.3, -0.25) is 4.57 Å². The average Bonchev–Trinajstić information content (AvgIpc) is 2.91. The van der Waals surface area contributed by atoms with Gasteiger partial charge in [-0.1, -0.05) is 15.9 Å². The number of benzene rings is 1. The van der Waals surface area contributed by atoms with Crippen molar-refractivity contribution in [1.29, 1.82) is 0 Å². The van der Waals surface area contributed by atoms with E-state index >= 15 is 0 Å². The molecular weight excluding hydrogens is 409 g/mol. The molecule has 0 amide bonds. The first kappa shape index (κ1) is 18.0. The van der Waals surface area contributed by atoms with E-state index in [-0.39, 0.29) is 24.8 Å². The van der Waals surface area contributed by atoms with E-state index < -0.39 is 12.1 Å². The minimum atomic E-state index is -4.10. The molecule has 1 saturated carbocycles. The fourth-order valence-corrected chi connectivity index (χ4v) is 4.60. The molecule has 2 heterocycles. The number of hydrogen-bond donors (Lipinski definition) is 1. The monoisotopic (exact) mass is 428 g/mol. The Labute approximate surface area is 158 Å². The highest BCUT2D eigenvalue weighted by atomic mass is 79.9. The van der Waals surface area contributed by atoms with E-state index in [9.17, 15) is 13.2 Å². The second-order valence-electron chi connectivity index (χ2n) is 7.34. The van der Waals surface area contributed by atoms with Crippen LogP contribution in [0.2, 0.25) is 0 Å². The van der Waals surface area contributed by atoms with Gasteiger partial charge < -0.3 is 5.73 Å². The van der Waals surface area contributed by atoms with Crippen molar-refractivity contribution in [1.82, 2.24) is 14.8 Å². The largest absolute Gasteiger partial charge is 0.391 e. The standard InChI is InChI=1S/C18H20BrF3N4/c19-13-5-6-15-11(7-13)8-14(23)9-16-24-25-17(26(15)16)10-1-3-12(4-2-10)18(20,21)22/h5-7,10,12,14H,1-4,8-9,23H2/t10-,12-,14?. The molecule has 140 valence electrons. The van der Waals surface area contributed by atoms with Gasteiger partial charge in [-0.25, -0.2) is 0 Å². The van der Waals surface area contributed by atoms with Crippen LogP contribution in [0.25, 0.3) is 5.69 Å². The first-order valence-electron chi connectivity index (χ1n) is 8.88. The minimum absolute atomic E-state index is 0.000622. The third-order valence-electron chi connectivity index (χ3n) is 5.52. The Bertz CT molecular complexity index is 809. The van der Waals surface area contributed by atoms with Crippen molar-refractivity contribution in [2.24, 2.45) is 11.7 Å². The first-order valence-corrected chi connectivity index (χ1v) is 9.67. The van der Waals surface area contributed by atoms with Gasteiger partial charge in [0.2, 0.25) is 0 Å². The van der Waals surface area contributed by atoms with Gasteiger partial charge in [0.15, 0.2) is 0 Å². The van der Waals surface area contributed by atoms with Gasteiger partial charge in [0, 0.05) is 22.9 Å². The van der Waals surface area contributed by atoms with Crippen molar-refractivity contribution < 1.29 is 13.2 Å². The summed E-state index contributed by atoms with van der Waals surface area (Å²) in [4.78, 5) is 0. The first-order chi connectivity index (χ1) is 12.3. The summed E-state index contributed by atoms with van der Waals surface area (Å²) in [6.45, 7) is 0. The third-order valence-corrected chi connectivity index (χ3v) is 6.01. The Hall–Kier alpha value is -1.41. The molecule has 2 N–H and O–H groups in total. The molecule has 0 radical (unpaired) electrons. The molecule has 26 heavy (non-hydrogen) atoms. The number of fused-ring (bicyclic) bond motifs is 3. The predicted molar refractivity (Wildman–Crippen MR) is 95.2 cm³/mol. The van der Waals surface area contributed by atoms with E-state index in [1.807, 2.05) is 16.7 Å². The topological polar surface area (TPSA) is 56.7 Å². The molecule has 1 atom stereocenters. The van der Waals surface area contributed by atoms with E-state index in [1.165, 1.54) is 0 Å². The smallest absolute Gasteiger partial charge is 0.327 e. The molecule has 0 saturated heterocycles. The number of nitrogens with two attached hydrogens (primary N) is 1. The Balaban J connectivity index is 1.69. The molecule has 4 nitrogen and oxygen atoms in total. The third kappa shape index (κ3) is 3.29. The summed E-state index contributed by atoms with van der Waals surface area (Å²) in [7, 11) is 0. The van der Waals surface area contributed by atoms with Crippen LogP contribution in [0.3, 0.4) is 0 Å². The van der Waals surface area contributed by atoms with Gasteiger partial charge in [-0.15, -0.1) is 10.2 Å². The van der Waals surface area contributed by atoms with Crippen LogP contribution in [-0.4, -0.2) is 27.0 Å². The Morgan fingerprint density at radius 2 is 1.81 bits per heavy atom. The maximum Gasteiger partial charge on any atom is 0.391 e. The minimum Gasteiger partial charge on any atom is -0.327 e. The van der Waals surface area contributed by atoms with Crippen molar-refractivity contribution in [3.63, 3.8) is 0 Å². The number of halogens is 4. The summed E-state index contributed by atoms with van der Waals surface area (Å²) in [6, 6.07) is 5.97. The number of alkyl halides is 3. The summed E-state index contributed by atoms with van der Waals surface area (Å²) in [6.07, 6.45) is -1.47. The van der Waals surface area contributed by atoms with Gasteiger partial charge in [0.25, 0.3) is 0 Å². The van der Waals surface area contributed by atoms with E-state index in [1.54, 1.807) is 0 Å². The highest BCUT2D eigenvalue weighted by Gasteiger charge is 2.42. The molecule has 1 aromatic carbocycles. The quantitative estimate of drug-likeness (QED) is 0.736.